The standard InChI is InChI=1S/C21H18ClN5OS/c1-14-17(13-24-27(14)16-6-4-3-5-7-16)20(28)25-18-12-15(22)8-9-19(18)29-21-23-10-11-26(21)2/h3-13H,1-2H3,(H,25,28). The summed E-state index contributed by atoms with van der Waals surface area (Å²) < 4.78 is 3.66. The molecule has 0 unspecified atom stereocenters. The van der Waals surface area contributed by atoms with E-state index in [1.54, 1.807) is 29.2 Å². The molecule has 146 valence electrons. The van der Waals surface area contributed by atoms with Gasteiger partial charge in [-0.15, -0.1) is 0 Å². The molecule has 0 bridgehead atoms. The number of aryl methyl sites for hydroxylation is 1. The maximum Gasteiger partial charge on any atom is 0.259 e. The van der Waals surface area contributed by atoms with Gasteiger partial charge in [-0.2, -0.15) is 5.10 Å². The molecule has 4 rings (SSSR count). The molecule has 0 atom stereocenters. The highest BCUT2D eigenvalue weighted by molar-refractivity contribution is 7.99. The van der Waals surface area contributed by atoms with E-state index < -0.39 is 0 Å². The lowest BCUT2D eigenvalue weighted by molar-refractivity contribution is 0.102. The Balaban J connectivity index is 1.61. The summed E-state index contributed by atoms with van der Waals surface area (Å²) in [7, 11) is 1.92. The largest absolute Gasteiger partial charge is 0.329 e. The van der Waals surface area contributed by atoms with Crippen LogP contribution >= 0.6 is 23.4 Å². The van der Waals surface area contributed by atoms with Gasteiger partial charge in [-0.3, -0.25) is 4.79 Å². The van der Waals surface area contributed by atoms with Crippen LogP contribution in [-0.2, 0) is 7.05 Å². The van der Waals surface area contributed by atoms with Gasteiger partial charge in [-0.1, -0.05) is 29.8 Å². The molecule has 6 nitrogen and oxygen atoms in total. The van der Waals surface area contributed by atoms with E-state index in [-0.39, 0.29) is 5.91 Å². The second-order valence-corrected chi connectivity index (χ2v) is 7.85. The molecule has 1 amide bonds. The molecule has 0 saturated carbocycles. The number of nitrogens with zero attached hydrogens (tertiary/aromatic N) is 4. The van der Waals surface area contributed by atoms with Crippen LogP contribution in [0.4, 0.5) is 5.69 Å². The van der Waals surface area contributed by atoms with Gasteiger partial charge in [-0.25, -0.2) is 9.67 Å². The predicted octanol–water partition coefficient (Wildman–Crippen LogP) is 4.97. The fourth-order valence-electron chi connectivity index (χ4n) is 2.89. The summed E-state index contributed by atoms with van der Waals surface area (Å²) >= 11 is 7.63. The number of anilines is 1. The summed E-state index contributed by atoms with van der Waals surface area (Å²) in [6.45, 7) is 1.87. The van der Waals surface area contributed by atoms with Crippen LogP contribution in [-0.4, -0.2) is 25.2 Å². The molecule has 0 aliphatic heterocycles. The van der Waals surface area contributed by atoms with Gasteiger partial charge >= 0.3 is 0 Å². The molecule has 2 aromatic carbocycles. The van der Waals surface area contributed by atoms with Crippen molar-refractivity contribution in [3.8, 4) is 5.69 Å². The molecular weight excluding hydrogens is 406 g/mol. The summed E-state index contributed by atoms with van der Waals surface area (Å²) in [4.78, 5) is 18.2. The minimum atomic E-state index is -0.242. The van der Waals surface area contributed by atoms with Gasteiger partial charge in [0.25, 0.3) is 5.91 Å². The van der Waals surface area contributed by atoms with Gasteiger partial charge < -0.3 is 9.88 Å². The van der Waals surface area contributed by atoms with E-state index in [0.29, 0.717) is 16.3 Å². The average Bonchev–Trinajstić information content (AvgIpc) is 3.30. The summed E-state index contributed by atoms with van der Waals surface area (Å²) in [5, 5.41) is 8.70. The first-order valence-corrected chi connectivity index (χ1v) is 10.1. The number of benzene rings is 2. The van der Waals surface area contributed by atoms with Crippen molar-refractivity contribution in [2.45, 2.75) is 17.0 Å². The number of aromatic nitrogens is 4. The first kappa shape index (κ1) is 19.3. The molecule has 0 spiro atoms. The van der Waals surface area contributed by atoms with Crippen molar-refractivity contribution in [3.63, 3.8) is 0 Å². The number of carbonyl (C=O) groups excluding carboxylic acids is 1. The Morgan fingerprint density at radius 3 is 2.69 bits per heavy atom. The number of para-hydroxylation sites is 1. The number of hydrogen-bond donors (Lipinski definition) is 1. The third-order valence-corrected chi connectivity index (χ3v) is 5.81. The van der Waals surface area contributed by atoms with Crippen LogP contribution in [0, 0.1) is 6.92 Å². The minimum Gasteiger partial charge on any atom is -0.329 e. The summed E-state index contributed by atoms with van der Waals surface area (Å²) in [5.74, 6) is -0.242. The Morgan fingerprint density at radius 2 is 1.97 bits per heavy atom. The molecule has 0 aliphatic rings. The number of nitrogens with one attached hydrogen (secondary N) is 1. The zero-order valence-electron chi connectivity index (χ0n) is 15.8. The van der Waals surface area contributed by atoms with E-state index >= 15 is 0 Å². The topological polar surface area (TPSA) is 64.7 Å². The van der Waals surface area contributed by atoms with Gasteiger partial charge in [0.05, 0.1) is 28.8 Å². The average molecular weight is 424 g/mol. The predicted molar refractivity (Wildman–Crippen MR) is 115 cm³/mol. The van der Waals surface area contributed by atoms with E-state index in [1.807, 2.05) is 61.1 Å². The van der Waals surface area contributed by atoms with Gasteiger partial charge in [0.2, 0.25) is 0 Å². The molecule has 8 heteroatoms. The maximum atomic E-state index is 13.0. The number of imidazole rings is 1. The Kier molecular flexibility index (Phi) is 5.42. The third kappa shape index (κ3) is 4.06. The Bertz CT molecular complexity index is 1170. The monoisotopic (exact) mass is 423 g/mol. The number of amides is 1. The highest BCUT2D eigenvalue weighted by Crippen LogP contribution is 2.34. The Morgan fingerprint density at radius 1 is 1.17 bits per heavy atom. The van der Waals surface area contributed by atoms with Crippen LogP contribution in [0.1, 0.15) is 16.1 Å². The van der Waals surface area contributed by atoms with Crippen molar-refractivity contribution in [2.24, 2.45) is 7.05 Å². The molecule has 29 heavy (non-hydrogen) atoms. The van der Waals surface area contributed by atoms with Gasteiger partial charge in [0.1, 0.15) is 0 Å². The van der Waals surface area contributed by atoms with Crippen molar-refractivity contribution < 1.29 is 4.79 Å². The number of halogens is 1. The van der Waals surface area contributed by atoms with Gasteiger partial charge in [-0.05, 0) is 49.0 Å². The third-order valence-electron chi connectivity index (χ3n) is 4.42. The molecule has 0 aliphatic carbocycles. The molecule has 0 saturated heterocycles. The lowest BCUT2D eigenvalue weighted by Crippen LogP contribution is -2.14. The minimum absolute atomic E-state index is 0.242. The normalized spacial score (nSPS) is 10.9. The van der Waals surface area contributed by atoms with E-state index in [4.69, 9.17) is 11.6 Å². The fraction of sp³-hybridized carbons (Fsp3) is 0.0952. The summed E-state index contributed by atoms with van der Waals surface area (Å²) in [6, 6.07) is 15.1. The highest BCUT2D eigenvalue weighted by atomic mass is 35.5. The maximum absolute atomic E-state index is 13.0. The van der Waals surface area contributed by atoms with E-state index in [2.05, 4.69) is 15.4 Å². The van der Waals surface area contributed by atoms with Crippen molar-refractivity contribution in [2.75, 3.05) is 5.32 Å². The Labute approximate surface area is 177 Å². The van der Waals surface area contributed by atoms with Crippen LogP contribution < -0.4 is 5.32 Å². The van der Waals surface area contributed by atoms with Gasteiger partial charge in [0, 0.05) is 29.4 Å². The number of carbonyl (C=O) groups is 1. The van der Waals surface area contributed by atoms with Crippen molar-refractivity contribution in [1.82, 2.24) is 19.3 Å². The fourth-order valence-corrected chi connectivity index (χ4v) is 3.93. The molecule has 1 N–H and O–H groups in total. The van der Waals surface area contributed by atoms with Crippen LogP contribution in [0.15, 0.2) is 77.2 Å². The number of hydrogen-bond acceptors (Lipinski definition) is 4. The van der Waals surface area contributed by atoms with Crippen LogP contribution in [0.3, 0.4) is 0 Å². The van der Waals surface area contributed by atoms with Crippen LogP contribution in [0.25, 0.3) is 5.69 Å². The van der Waals surface area contributed by atoms with Crippen molar-refractivity contribution in [3.05, 3.63) is 83.4 Å². The molecule has 0 radical (unpaired) electrons. The molecule has 2 aromatic heterocycles. The molecule has 4 aromatic rings. The van der Waals surface area contributed by atoms with E-state index in [0.717, 1.165) is 21.4 Å². The van der Waals surface area contributed by atoms with Crippen LogP contribution in [0.5, 0.6) is 0 Å². The lowest BCUT2D eigenvalue weighted by atomic mass is 10.2. The zero-order chi connectivity index (χ0) is 20.4. The smallest absolute Gasteiger partial charge is 0.259 e. The second kappa shape index (κ2) is 8.14. The number of rotatable bonds is 5. The molecule has 2 heterocycles. The van der Waals surface area contributed by atoms with Crippen molar-refractivity contribution in [1.29, 1.82) is 0 Å². The van der Waals surface area contributed by atoms with Gasteiger partial charge in [0.15, 0.2) is 5.16 Å². The Hall–Kier alpha value is -3.03. The molecular formula is C21H18ClN5OS. The van der Waals surface area contributed by atoms with E-state index in [1.165, 1.54) is 11.8 Å². The zero-order valence-corrected chi connectivity index (χ0v) is 17.4. The second-order valence-electron chi connectivity index (χ2n) is 6.41. The first-order chi connectivity index (χ1) is 14.0. The summed E-state index contributed by atoms with van der Waals surface area (Å²) in [5.41, 5.74) is 2.79. The lowest BCUT2D eigenvalue weighted by Gasteiger charge is -2.11. The van der Waals surface area contributed by atoms with E-state index in [9.17, 15) is 4.79 Å². The SMILES string of the molecule is Cc1c(C(=O)Nc2cc(Cl)ccc2Sc2nccn2C)cnn1-c1ccccc1. The van der Waals surface area contributed by atoms with Crippen LogP contribution in [0.2, 0.25) is 5.02 Å². The quantitative estimate of drug-likeness (QED) is 0.492. The first-order valence-electron chi connectivity index (χ1n) is 8.89. The van der Waals surface area contributed by atoms with Crippen molar-refractivity contribution >= 4 is 35.0 Å². The summed E-state index contributed by atoms with van der Waals surface area (Å²) in [6.07, 6.45) is 5.18. The highest BCUT2D eigenvalue weighted by Gasteiger charge is 2.17. The molecule has 0 fully saturated rings.